The number of hydrogen-bond donors (Lipinski definition) is 2. The van der Waals surface area contributed by atoms with Crippen molar-refractivity contribution in [1.29, 1.82) is 0 Å². The molecule has 28 heavy (non-hydrogen) atoms. The lowest BCUT2D eigenvalue weighted by molar-refractivity contribution is 0.208. The highest BCUT2D eigenvalue weighted by Crippen LogP contribution is 2.37. The van der Waals surface area contributed by atoms with E-state index in [2.05, 4.69) is 15.8 Å². The minimum absolute atomic E-state index is 0.00579. The molecule has 0 spiro atoms. The van der Waals surface area contributed by atoms with Crippen molar-refractivity contribution < 1.29 is 19.0 Å². The maximum atomic E-state index is 12.0. The number of amides is 2. The zero-order chi connectivity index (χ0) is 20.5. The Morgan fingerprint density at radius 1 is 1.21 bits per heavy atom. The van der Waals surface area contributed by atoms with Gasteiger partial charge in [0, 0.05) is 0 Å². The quantitative estimate of drug-likeness (QED) is 0.493. The van der Waals surface area contributed by atoms with Gasteiger partial charge in [0.25, 0.3) is 0 Å². The average molecular weight is 406 g/mol. The topological polar surface area (TPSA) is 81.2 Å². The van der Waals surface area contributed by atoms with Crippen LogP contribution in [0.25, 0.3) is 0 Å². The van der Waals surface area contributed by atoms with Crippen LogP contribution in [0.1, 0.15) is 25.8 Å². The summed E-state index contributed by atoms with van der Waals surface area (Å²) in [6.07, 6.45) is 2.31. The van der Waals surface area contributed by atoms with Crippen molar-refractivity contribution in [1.82, 2.24) is 5.43 Å². The number of benzene rings is 2. The molecule has 0 unspecified atom stereocenters. The van der Waals surface area contributed by atoms with Gasteiger partial charge in [0.2, 0.25) is 0 Å². The van der Waals surface area contributed by atoms with Gasteiger partial charge in [0.1, 0.15) is 5.75 Å². The van der Waals surface area contributed by atoms with E-state index in [4.69, 9.17) is 25.8 Å². The molecule has 150 valence electrons. The molecule has 2 N–H and O–H groups in total. The number of nitrogens with zero attached hydrogens (tertiary/aromatic N) is 1. The molecular formula is C20H24ClN3O4. The van der Waals surface area contributed by atoms with Crippen LogP contribution in [-0.4, -0.2) is 32.6 Å². The van der Waals surface area contributed by atoms with Crippen LogP contribution >= 0.6 is 11.6 Å². The Bertz CT molecular complexity index is 842. The molecule has 8 heteroatoms. The zero-order valence-corrected chi connectivity index (χ0v) is 17.0. The van der Waals surface area contributed by atoms with E-state index in [0.717, 1.165) is 6.42 Å². The van der Waals surface area contributed by atoms with Crippen molar-refractivity contribution in [2.45, 2.75) is 26.4 Å². The van der Waals surface area contributed by atoms with Crippen LogP contribution in [-0.2, 0) is 0 Å². The van der Waals surface area contributed by atoms with E-state index < -0.39 is 6.03 Å². The third kappa shape index (κ3) is 5.79. The van der Waals surface area contributed by atoms with E-state index in [0.29, 0.717) is 33.5 Å². The van der Waals surface area contributed by atoms with E-state index in [1.165, 1.54) is 20.4 Å². The number of methoxy groups -OCH3 is 2. The first-order valence-electron chi connectivity index (χ1n) is 8.75. The summed E-state index contributed by atoms with van der Waals surface area (Å²) in [7, 11) is 3.07. The van der Waals surface area contributed by atoms with Gasteiger partial charge in [-0.2, -0.15) is 5.10 Å². The second kappa shape index (κ2) is 10.4. The zero-order valence-electron chi connectivity index (χ0n) is 16.3. The number of halogens is 1. The van der Waals surface area contributed by atoms with E-state index in [9.17, 15) is 4.79 Å². The van der Waals surface area contributed by atoms with Crippen LogP contribution in [0.4, 0.5) is 10.5 Å². The van der Waals surface area contributed by atoms with Gasteiger partial charge in [-0.15, -0.1) is 0 Å². The molecule has 7 nitrogen and oxygen atoms in total. The summed E-state index contributed by atoms with van der Waals surface area (Å²) in [6.45, 7) is 3.98. The molecular weight excluding hydrogens is 382 g/mol. The molecule has 0 bridgehead atoms. The highest BCUT2D eigenvalue weighted by atomic mass is 35.5. The predicted molar refractivity (Wildman–Crippen MR) is 111 cm³/mol. The van der Waals surface area contributed by atoms with Gasteiger partial charge in [-0.05, 0) is 43.2 Å². The lowest BCUT2D eigenvalue weighted by Gasteiger charge is -2.17. The van der Waals surface area contributed by atoms with Crippen molar-refractivity contribution in [2.75, 3.05) is 19.5 Å². The highest BCUT2D eigenvalue weighted by molar-refractivity contribution is 6.32. The van der Waals surface area contributed by atoms with Crippen LogP contribution in [0.2, 0.25) is 5.02 Å². The van der Waals surface area contributed by atoms with Gasteiger partial charge < -0.3 is 19.5 Å². The number of anilines is 1. The molecule has 0 saturated carbocycles. The summed E-state index contributed by atoms with van der Waals surface area (Å²) in [4.78, 5) is 12.0. The molecule has 0 aliphatic rings. The maximum Gasteiger partial charge on any atom is 0.339 e. The largest absolute Gasteiger partial charge is 0.495 e. The van der Waals surface area contributed by atoms with Crippen LogP contribution in [0.15, 0.2) is 41.5 Å². The second-order valence-electron chi connectivity index (χ2n) is 5.90. The molecule has 0 aliphatic heterocycles. The van der Waals surface area contributed by atoms with Gasteiger partial charge in [-0.3, -0.25) is 0 Å². The van der Waals surface area contributed by atoms with Crippen LogP contribution in [0.5, 0.6) is 17.2 Å². The minimum atomic E-state index is -0.504. The molecule has 2 aromatic rings. The number of carbonyl (C=O) groups excluding carboxylic acids is 1. The van der Waals surface area contributed by atoms with E-state index in [1.807, 2.05) is 19.9 Å². The van der Waals surface area contributed by atoms with Crippen molar-refractivity contribution in [3.05, 3.63) is 47.0 Å². The van der Waals surface area contributed by atoms with Gasteiger partial charge in [0.15, 0.2) is 11.5 Å². The lowest BCUT2D eigenvalue weighted by atomic mass is 10.2. The minimum Gasteiger partial charge on any atom is -0.495 e. The Morgan fingerprint density at radius 3 is 2.61 bits per heavy atom. The van der Waals surface area contributed by atoms with E-state index in [-0.39, 0.29) is 6.10 Å². The fourth-order valence-corrected chi connectivity index (χ4v) is 2.54. The number of ether oxygens (including phenoxy) is 3. The SMILES string of the molecule is CC[C@H](C)Oc1c(Cl)cc(/C=N/NC(=O)Nc2ccccc2OC)cc1OC. The summed E-state index contributed by atoms with van der Waals surface area (Å²) in [6, 6.07) is 9.98. The summed E-state index contributed by atoms with van der Waals surface area (Å²) < 4.78 is 16.4. The molecule has 1 atom stereocenters. The van der Waals surface area contributed by atoms with Gasteiger partial charge >= 0.3 is 6.03 Å². The van der Waals surface area contributed by atoms with Crippen molar-refractivity contribution in [2.24, 2.45) is 5.10 Å². The number of urea groups is 1. The molecule has 2 aromatic carbocycles. The molecule has 0 fully saturated rings. The first-order valence-corrected chi connectivity index (χ1v) is 9.13. The second-order valence-corrected chi connectivity index (χ2v) is 6.30. The van der Waals surface area contributed by atoms with Gasteiger partial charge in [-0.1, -0.05) is 30.7 Å². The van der Waals surface area contributed by atoms with E-state index >= 15 is 0 Å². The summed E-state index contributed by atoms with van der Waals surface area (Å²) in [5.74, 6) is 1.53. The average Bonchev–Trinajstić information content (AvgIpc) is 2.69. The Labute approximate surface area is 169 Å². The monoisotopic (exact) mass is 405 g/mol. The van der Waals surface area contributed by atoms with Crippen LogP contribution in [0, 0.1) is 0 Å². The third-order valence-corrected chi connectivity index (χ3v) is 4.16. The molecule has 0 aromatic heterocycles. The number of carbonyl (C=O) groups is 1. The smallest absolute Gasteiger partial charge is 0.339 e. The predicted octanol–water partition coefficient (Wildman–Crippen LogP) is 4.69. The molecule has 0 aliphatic carbocycles. The third-order valence-electron chi connectivity index (χ3n) is 3.88. The fourth-order valence-electron chi connectivity index (χ4n) is 2.28. The molecule has 0 heterocycles. The Hall–Kier alpha value is -2.93. The van der Waals surface area contributed by atoms with Crippen molar-refractivity contribution in [3.63, 3.8) is 0 Å². The van der Waals surface area contributed by atoms with E-state index in [1.54, 1.807) is 30.3 Å². The normalized spacial score (nSPS) is 11.8. The Balaban J connectivity index is 2.05. The first-order chi connectivity index (χ1) is 13.5. The highest BCUT2D eigenvalue weighted by Gasteiger charge is 2.14. The standard InChI is InChI=1S/C20H24ClN3O4/c1-5-13(2)28-19-15(21)10-14(11-18(19)27-4)12-22-24-20(25)23-16-8-6-7-9-17(16)26-3/h6-13H,5H2,1-4H3,(H2,23,24,25)/b22-12+/t13-/m0/s1. The summed E-state index contributed by atoms with van der Waals surface area (Å²) in [5, 5.41) is 7.00. The van der Waals surface area contributed by atoms with Crippen molar-refractivity contribution in [3.8, 4) is 17.2 Å². The number of hydrogen-bond acceptors (Lipinski definition) is 5. The molecule has 0 radical (unpaired) electrons. The molecule has 2 rings (SSSR count). The number of rotatable bonds is 8. The van der Waals surface area contributed by atoms with Crippen LogP contribution < -0.4 is 25.0 Å². The number of nitrogens with one attached hydrogen (secondary N) is 2. The maximum absolute atomic E-state index is 12.0. The van der Waals surface area contributed by atoms with Gasteiger partial charge in [0.05, 0.1) is 37.2 Å². The Morgan fingerprint density at radius 2 is 1.93 bits per heavy atom. The van der Waals surface area contributed by atoms with Crippen LogP contribution in [0.3, 0.4) is 0 Å². The van der Waals surface area contributed by atoms with Crippen molar-refractivity contribution >= 4 is 29.5 Å². The van der Waals surface area contributed by atoms with Gasteiger partial charge in [-0.25, -0.2) is 10.2 Å². The summed E-state index contributed by atoms with van der Waals surface area (Å²) in [5.41, 5.74) is 3.58. The Kier molecular flexibility index (Phi) is 7.95. The summed E-state index contributed by atoms with van der Waals surface area (Å²) >= 11 is 6.32. The molecule has 2 amide bonds. The first kappa shape index (κ1) is 21.4. The molecule has 0 saturated heterocycles. The lowest BCUT2D eigenvalue weighted by Crippen LogP contribution is -2.24. The number of para-hydroxylation sites is 2. The fraction of sp³-hybridized carbons (Fsp3) is 0.300. The number of hydrazone groups is 1.